The van der Waals surface area contributed by atoms with Crippen LogP contribution in [0.15, 0.2) is 17.2 Å². The summed E-state index contributed by atoms with van der Waals surface area (Å²) in [7, 11) is -0.706. The molecular weight excluding hydrogens is 284 g/mol. The summed E-state index contributed by atoms with van der Waals surface area (Å²) in [5, 5.41) is 5.01. The van der Waals surface area contributed by atoms with Crippen LogP contribution < -0.4 is 10.6 Å². The fourth-order valence-corrected chi connectivity index (χ4v) is 3.47. The summed E-state index contributed by atoms with van der Waals surface area (Å²) in [6, 6.07) is 1.31. The lowest BCUT2D eigenvalue weighted by atomic mass is 10.4. The molecule has 0 bridgehead atoms. The molecule has 2 rings (SSSR count). The fourth-order valence-electron chi connectivity index (χ4n) is 2.00. The summed E-state index contributed by atoms with van der Waals surface area (Å²) in [5.41, 5.74) is 0.243. The zero-order valence-electron chi connectivity index (χ0n) is 11.2. The Hall–Kier alpha value is -1.87. The van der Waals surface area contributed by atoms with Crippen LogP contribution in [0.2, 0.25) is 0 Å². The van der Waals surface area contributed by atoms with Crippen molar-refractivity contribution in [1.82, 2.24) is 19.5 Å². The molecule has 1 fully saturated rings. The Morgan fingerprint density at radius 3 is 2.75 bits per heavy atom. The first kappa shape index (κ1) is 14.5. The third-order valence-corrected chi connectivity index (χ3v) is 4.89. The fraction of sp³-hybridized carbons (Fsp3) is 0.455. The van der Waals surface area contributed by atoms with Crippen molar-refractivity contribution in [1.29, 1.82) is 0 Å². The molecule has 1 aromatic rings. The average molecular weight is 300 g/mol. The highest BCUT2D eigenvalue weighted by Crippen LogP contribution is 2.19. The van der Waals surface area contributed by atoms with E-state index in [0.717, 1.165) is 4.31 Å². The number of amides is 2. The SMILES string of the molecule is CNC(=O)c1cc(S(=O)(=O)N2CCNC(=O)C2)cn1C. The summed E-state index contributed by atoms with van der Waals surface area (Å²) in [4.78, 5) is 22.9. The third kappa shape index (κ3) is 2.54. The van der Waals surface area contributed by atoms with Gasteiger partial charge in [0.1, 0.15) is 10.6 Å². The van der Waals surface area contributed by atoms with Crippen molar-refractivity contribution in [2.24, 2.45) is 7.05 Å². The van der Waals surface area contributed by atoms with Crippen LogP contribution in [0.5, 0.6) is 0 Å². The van der Waals surface area contributed by atoms with E-state index in [1.165, 1.54) is 23.9 Å². The normalized spacial score (nSPS) is 16.8. The van der Waals surface area contributed by atoms with Crippen LogP contribution in [-0.4, -0.2) is 55.8 Å². The molecule has 0 atom stereocenters. The third-order valence-electron chi connectivity index (χ3n) is 3.08. The molecule has 9 heteroatoms. The van der Waals surface area contributed by atoms with Gasteiger partial charge in [-0.05, 0) is 6.07 Å². The average Bonchev–Trinajstić information content (AvgIpc) is 2.80. The number of hydrogen-bond donors (Lipinski definition) is 2. The Morgan fingerprint density at radius 2 is 2.15 bits per heavy atom. The van der Waals surface area contributed by atoms with Gasteiger partial charge in [0.2, 0.25) is 15.9 Å². The van der Waals surface area contributed by atoms with Crippen molar-refractivity contribution in [3.8, 4) is 0 Å². The van der Waals surface area contributed by atoms with E-state index in [4.69, 9.17) is 0 Å². The Kier molecular flexibility index (Phi) is 3.82. The molecule has 2 heterocycles. The van der Waals surface area contributed by atoms with Crippen molar-refractivity contribution in [3.05, 3.63) is 18.0 Å². The van der Waals surface area contributed by atoms with Gasteiger partial charge in [-0.25, -0.2) is 8.42 Å². The Labute approximate surface area is 116 Å². The van der Waals surface area contributed by atoms with E-state index in [9.17, 15) is 18.0 Å². The predicted molar refractivity (Wildman–Crippen MR) is 70.6 cm³/mol. The van der Waals surface area contributed by atoms with Gasteiger partial charge in [-0.2, -0.15) is 4.31 Å². The number of carbonyl (C=O) groups excluding carboxylic acids is 2. The van der Waals surface area contributed by atoms with Gasteiger partial charge >= 0.3 is 0 Å². The molecule has 0 aliphatic carbocycles. The second kappa shape index (κ2) is 5.25. The minimum atomic E-state index is -3.77. The lowest BCUT2D eigenvalue weighted by molar-refractivity contribution is -0.122. The lowest BCUT2D eigenvalue weighted by Crippen LogP contribution is -2.49. The minimum Gasteiger partial charge on any atom is -0.354 e. The second-order valence-corrected chi connectivity index (χ2v) is 6.38. The molecule has 1 aliphatic rings. The molecule has 2 N–H and O–H groups in total. The number of sulfonamides is 1. The Balaban J connectivity index is 2.35. The summed E-state index contributed by atoms with van der Waals surface area (Å²) >= 11 is 0. The Morgan fingerprint density at radius 1 is 1.45 bits per heavy atom. The number of aryl methyl sites for hydroxylation is 1. The maximum absolute atomic E-state index is 12.4. The molecule has 20 heavy (non-hydrogen) atoms. The van der Waals surface area contributed by atoms with Crippen molar-refractivity contribution in [3.63, 3.8) is 0 Å². The zero-order valence-corrected chi connectivity index (χ0v) is 12.0. The number of aromatic nitrogens is 1. The molecule has 0 radical (unpaired) electrons. The highest BCUT2D eigenvalue weighted by molar-refractivity contribution is 7.89. The first-order valence-corrected chi connectivity index (χ1v) is 7.45. The number of hydrogen-bond acceptors (Lipinski definition) is 4. The molecule has 110 valence electrons. The number of carbonyl (C=O) groups is 2. The maximum atomic E-state index is 12.4. The molecule has 0 spiro atoms. The molecule has 0 saturated carbocycles. The van der Waals surface area contributed by atoms with E-state index in [1.54, 1.807) is 7.05 Å². The molecule has 1 aliphatic heterocycles. The lowest BCUT2D eigenvalue weighted by Gasteiger charge is -2.25. The molecule has 2 amide bonds. The quantitative estimate of drug-likeness (QED) is 0.710. The number of rotatable bonds is 3. The molecule has 0 aromatic carbocycles. The van der Waals surface area contributed by atoms with Crippen LogP contribution >= 0.6 is 0 Å². The van der Waals surface area contributed by atoms with Crippen molar-refractivity contribution in [2.45, 2.75) is 4.90 Å². The highest BCUT2D eigenvalue weighted by atomic mass is 32.2. The van der Waals surface area contributed by atoms with Crippen LogP contribution in [0.1, 0.15) is 10.5 Å². The van der Waals surface area contributed by atoms with Gasteiger partial charge in [-0.1, -0.05) is 0 Å². The second-order valence-electron chi connectivity index (χ2n) is 4.44. The Bertz CT molecular complexity index is 649. The number of nitrogens with one attached hydrogen (secondary N) is 2. The summed E-state index contributed by atoms with van der Waals surface area (Å²) in [6.07, 6.45) is 1.37. The first-order valence-electron chi connectivity index (χ1n) is 6.01. The zero-order chi connectivity index (χ0) is 14.9. The van der Waals surface area contributed by atoms with Crippen molar-refractivity contribution < 1.29 is 18.0 Å². The number of nitrogens with zero attached hydrogens (tertiary/aromatic N) is 2. The number of piperazine rings is 1. The van der Waals surface area contributed by atoms with Gasteiger partial charge in [0.15, 0.2) is 0 Å². The maximum Gasteiger partial charge on any atom is 0.267 e. The standard InChI is InChI=1S/C11H16N4O4S/c1-12-11(17)9-5-8(6-14(9)2)20(18,19)15-4-3-13-10(16)7-15/h5-6H,3-4,7H2,1-2H3,(H,12,17)(H,13,16). The van der Waals surface area contributed by atoms with E-state index in [2.05, 4.69) is 10.6 Å². The van der Waals surface area contributed by atoms with Gasteiger partial charge < -0.3 is 15.2 Å². The van der Waals surface area contributed by atoms with Gasteiger partial charge in [0, 0.05) is 33.4 Å². The molecule has 8 nitrogen and oxygen atoms in total. The van der Waals surface area contributed by atoms with Crippen molar-refractivity contribution >= 4 is 21.8 Å². The van der Waals surface area contributed by atoms with Crippen LogP contribution in [0, 0.1) is 0 Å². The van der Waals surface area contributed by atoms with Crippen LogP contribution in [0.4, 0.5) is 0 Å². The predicted octanol–water partition coefficient (Wildman–Crippen LogP) is -1.49. The van der Waals surface area contributed by atoms with Gasteiger partial charge in [0.05, 0.1) is 6.54 Å². The van der Waals surface area contributed by atoms with Crippen LogP contribution in [0.3, 0.4) is 0 Å². The smallest absolute Gasteiger partial charge is 0.267 e. The summed E-state index contributed by atoms with van der Waals surface area (Å²) < 4.78 is 27.4. The van der Waals surface area contributed by atoms with E-state index < -0.39 is 10.0 Å². The van der Waals surface area contributed by atoms with Gasteiger partial charge in [0.25, 0.3) is 5.91 Å². The van der Waals surface area contributed by atoms with E-state index >= 15 is 0 Å². The van der Waals surface area contributed by atoms with Crippen molar-refractivity contribution in [2.75, 3.05) is 26.7 Å². The topological polar surface area (TPSA) is 101 Å². The van der Waals surface area contributed by atoms with E-state index in [-0.39, 0.29) is 42.0 Å². The minimum absolute atomic E-state index is 0.00769. The summed E-state index contributed by atoms with van der Waals surface area (Å²) in [6.45, 7) is 0.304. The molecular formula is C11H16N4O4S. The van der Waals surface area contributed by atoms with E-state index in [1.807, 2.05) is 0 Å². The molecule has 1 saturated heterocycles. The summed E-state index contributed by atoms with van der Waals surface area (Å²) in [5.74, 6) is -0.701. The van der Waals surface area contributed by atoms with Gasteiger partial charge in [-0.15, -0.1) is 0 Å². The van der Waals surface area contributed by atoms with E-state index in [0.29, 0.717) is 0 Å². The highest BCUT2D eigenvalue weighted by Gasteiger charge is 2.30. The monoisotopic (exact) mass is 300 g/mol. The molecule has 1 aromatic heterocycles. The molecule has 0 unspecified atom stereocenters. The van der Waals surface area contributed by atoms with Gasteiger partial charge in [-0.3, -0.25) is 9.59 Å². The van der Waals surface area contributed by atoms with Crippen LogP contribution in [-0.2, 0) is 21.9 Å². The first-order chi connectivity index (χ1) is 9.36. The largest absolute Gasteiger partial charge is 0.354 e. The van der Waals surface area contributed by atoms with Crippen LogP contribution in [0.25, 0.3) is 0 Å².